The summed E-state index contributed by atoms with van der Waals surface area (Å²) in [5.41, 5.74) is 6.22. The molecule has 6 heteroatoms. The average Bonchev–Trinajstić information content (AvgIpc) is 2.75. The van der Waals surface area contributed by atoms with Crippen molar-refractivity contribution in [2.75, 3.05) is 27.3 Å². The number of likely N-dealkylation sites (N-methyl/N-ethyl adjacent to an activating group) is 1. The summed E-state index contributed by atoms with van der Waals surface area (Å²) in [5, 5.41) is 9.84. The highest BCUT2D eigenvalue weighted by molar-refractivity contribution is 7.16. The quantitative estimate of drug-likeness (QED) is 0.772. The lowest BCUT2D eigenvalue weighted by Gasteiger charge is -2.32. The standard InChI is InChI=1S/C13H23ClN2O2S/c1-4-10(15)13(11-5-6-12(14)19-11)16(2)7-9(17)8-18-3/h5-6,9-10,13,17H,4,7-8,15H2,1-3H3. The number of thiophene rings is 1. The maximum Gasteiger partial charge on any atom is 0.0931 e. The number of aliphatic hydroxyl groups is 1. The molecule has 1 heterocycles. The first-order valence-corrected chi connectivity index (χ1v) is 7.57. The van der Waals surface area contributed by atoms with Crippen LogP contribution in [0.25, 0.3) is 0 Å². The molecule has 3 N–H and O–H groups in total. The predicted octanol–water partition coefficient (Wildman–Crippen LogP) is 2.12. The first-order valence-electron chi connectivity index (χ1n) is 6.37. The van der Waals surface area contributed by atoms with Crippen molar-refractivity contribution < 1.29 is 9.84 Å². The van der Waals surface area contributed by atoms with Gasteiger partial charge in [-0.05, 0) is 25.6 Å². The number of rotatable bonds is 8. The lowest BCUT2D eigenvalue weighted by atomic mass is 10.0. The van der Waals surface area contributed by atoms with Gasteiger partial charge in [-0.15, -0.1) is 11.3 Å². The number of hydrogen-bond acceptors (Lipinski definition) is 5. The van der Waals surface area contributed by atoms with Gasteiger partial charge in [0.1, 0.15) is 0 Å². The van der Waals surface area contributed by atoms with Crippen LogP contribution in [0.15, 0.2) is 12.1 Å². The fourth-order valence-corrected chi connectivity index (χ4v) is 3.46. The maximum atomic E-state index is 9.84. The van der Waals surface area contributed by atoms with Gasteiger partial charge in [0.25, 0.3) is 0 Å². The number of hydrogen-bond donors (Lipinski definition) is 2. The normalized spacial score (nSPS) is 16.6. The van der Waals surface area contributed by atoms with Gasteiger partial charge in [-0.3, -0.25) is 4.90 Å². The van der Waals surface area contributed by atoms with Crippen LogP contribution in [0.3, 0.4) is 0 Å². The third-order valence-corrected chi connectivity index (χ3v) is 4.40. The Bertz CT molecular complexity index is 375. The zero-order valence-electron chi connectivity index (χ0n) is 11.7. The maximum absolute atomic E-state index is 9.84. The van der Waals surface area contributed by atoms with Crippen molar-refractivity contribution in [2.45, 2.75) is 31.5 Å². The third-order valence-electron chi connectivity index (χ3n) is 3.10. The summed E-state index contributed by atoms with van der Waals surface area (Å²) in [5.74, 6) is 0. The molecule has 1 aromatic rings. The minimum atomic E-state index is -0.517. The SMILES string of the molecule is CCC(N)C(c1ccc(Cl)s1)N(C)CC(O)COC. The smallest absolute Gasteiger partial charge is 0.0931 e. The number of aliphatic hydroxyl groups excluding tert-OH is 1. The molecular formula is C13H23ClN2O2S. The lowest BCUT2D eigenvalue weighted by molar-refractivity contribution is 0.0313. The highest BCUT2D eigenvalue weighted by Crippen LogP contribution is 2.32. The van der Waals surface area contributed by atoms with Crippen LogP contribution in [0.2, 0.25) is 4.34 Å². The van der Waals surface area contributed by atoms with Crippen molar-refractivity contribution >= 4 is 22.9 Å². The molecule has 1 aromatic heterocycles. The molecule has 0 radical (unpaired) electrons. The molecule has 0 spiro atoms. The van der Waals surface area contributed by atoms with E-state index in [2.05, 4.69) is 11.8 Å². The molecule has 0 fully saturated rings. The topological polar surface area (TPSA) is 58.7 Å². The Morgan fingerprint density at radius 3 is 2.68 bits per heavy atom. The van der Waals surface area contributed by atoms with Crippen LogP contribution in [0, 0.1) is 0 Å². The van der Waals surface area contributed by atoms with Crippen molar-refractivity contribution in [1.29, 1.82) is 0 Å². The minimum Gasteiger partial charge on any atom is -0.389 e. The monoisotopic (exact) mass is 306 g/mol. The molecular weight excluding hydrogens is 284 g/mol. The van der Waals surface area contributed by atoms with Crippen molar-refractivity contribution in [3.8, 4) is 0 Å². The van der Waals surface area contributed by atoms with Crippen LogP contribution in [0.5, 0.6) is 0 Å². The number of methoxy groups -OCH3 is 1. The van der Waals surface area contributed by atoms with Gasteiger partial charge in [0.15, 0.2) is 0 Å². The van der Waals surface area contributed by atoms with E-state index in [0.29, 0.717) is 13.2 Å². The van der Waals surface area contributed by atoms with Crippen molar-refractivity contribution in [3.05, 3.63) is 21.3 Å². The van der Waals surface area contributed by atoms with E-state index in [-0.39, 0.29) is 12.1 Å². The molecule has 0 aromatic carbocycles. The van der Waals surface area contributed by atoms with Gasteiger partial charge < -0.3 is 15.6 Å². The van der Waals surface area contributed by atoms with Gasteiger partial charge in [-0.2, -0.15) is 0 Å². The first kappa shape index (κ1) is 16.9. The zero-order chi connectivity index (χ0) is 14.4. The minimum absolute atomic E-state index is 0.00876. The van der Waals surface area contributed by atoms with Gasteiger partial charge in [0.2, 0.25) is 0 Å². The summed E-state index contributed by atoms with van der Waals surface area (Å²) < 4.78 is 5.71. The van der Waals surface area contributed by atoms with E-state index in [0.717, 1.165) is 15.6 Å². The number of nitrogens with zero attached hydrogens (tertiary/aromatic N) is 1. The first-order chi connectivity index (χ1) is 8.99. The van der Waals surface area contributed by atoms with Gasteiger partial charge in [-0.1, -0.05) is 18.5 Å². The van der Waals surface area contributed by atoms with Crippen LogP contribution < -0.4 is 5.73 Å². The molecule has 4 nitrogen and oxygen atoms in total. The Morgan fingerprint density at radius 2 is 2.21 bits per heavy atom. The Labute approximate surface area is 124 Å². The largest absolute Gasteiger partial charge is 0.389 e. The van der Waals surface area contributed by atoms with E-state index in [1.54, 1.807) is 7.11 Å². The fraction of sp³-hybridized carbons (Fsp3) is 0.692. The van der Waals surface area contributed by atoms with Gasteiger partial charge >= 0.3 is 0 Å². The van der Waals surface area contributed by atoms with E-state index in [9.17, 15) is 5.11 Å². The number of ether oxygens (including phenoxy) is 1. The van der Waals surface area contributed by atoms with Crippen LogP contribution in [-0.2, 0) is 4.74 Å². The third kappa shape index (κ3) is 5.02. The van der Waals surface area contributed by atoms with Crippen LogP contribution >= 0.6 is 22.9 Å². The van der Waals surface area contributed by atoms with Crippen molar-refractivity contribution in [3.63, 3.8) is 0 Å². The number of nitrogens with two attached hydrogens (primary N) is 1. The highest BCUT2D eigenvalue weighted by Gasteiger charge is 2.26. The molecule has 3 unspecified atom stereocenters. The summed E-state index contributed by atoms with van der Waals surface area (Å²) >= 11 is 7.54. The van der Waals surface area contributed by atoms with Crippen molar-refractivity contribution in [1.82, 2.24) is 4.90 Å². The van der Waals surface area contributed by atoms with E-state index < -0.39 is 6.10 Å². The van der Waals surface area contributed by atoms with Gasteiger partial charge in [0, 0.05) is 24.6 Å². The number of halogens is 1. The second-order valence-electron chi connectivity index (χ2n) is 4.71. The summed E-state index contributed by atoms with van der Waals surface area (Å²) in [6.45, 7) is 2.90. The average molecular weight is 307 g/mol. The molecule has 19 heavy (non-hydrogen) atoms. The lowest BCUT2D eigenvalue weighted by Crippen LogP contribution is -2.42. The molecule has 0 aliphatic carbocycles. The van der Waals surface area contributed by atoms with Crippen LogP contribution in [0.1, 0.15) is 24.3 Å². The Balaban J connectivity index is 2.79. The van der Waals surface area contributed by atoms with Crippen molar-refractivity contribution in [2.24, 2.45) is 5.73 Å². The summed E-state index contributed by atoms with van der Waals surface area (Å²) in [6.07, 6.45) is 0.349. The summed E-state index contributed by atoms with van der Waals surface area (Å²) in [6, 6.07) is 3.96. The summed E-state index contributed by atoms with van der Waals surface area (Å²) in [4.78, 5) is 3.20. The molecule has 1 rings (SSSR count). The molecule has 0 aliphatic rings. The van der Waals surface area contributed by atoms with Gasteiger partial charge in [-0.25, -0.2) is 0 Å². The fourth-order valence-electron chi connectivity index (χ4n) is 2.16. The van der Waals surface area contributed by atoms with E-state index in [1.807, 2.05) is 19.2 Å². The Kier molecular flexibility index (Phi) is 7.28. The Hall–Kier alpha value is -0.170. The molecule has 0 saturated heterocycles. The second-order valence-corrected chi connectivity index (χ2v) is 6.45. The van der Waals surface area contributed by atoms with E-state index in [4.69, 9.17) is 22.1 Å². The predicted molar refractivity (Wildman–Crippen MR) is 80.8 cm³/mol. The van der Waals surface area contributed by atoms with Gasteiger partial charge in [0.05, 0.1) is 23.1 Å². The van der Waals surface area contributed by atoms with Crippen LogP contribution in [-0.4, -0.2) is 49.5 Å². The summed E-state index contributed by atoms with van der Waals surface area (Å²) in [7, 11) is 3.55. The highest BCUT2D eigenvalue weighted by atomic mass is 35.5. The van der Waals surface area contributed by atoms with E-state index >= 15 is 0 Å². The zero-order valence-corrected chi connectivity index (χ0v) is 13.2. The molecule has 110 valence electrons. The molecule has 3 atom stereocenters. The molecule has 0 bridgehead atoms. The second kappa shape index (κ2) is 8.19. The molecule has 0 saturated carbocycles. The Morgan fingerprint density at radius 1 is 1.53 bits per heavy atom. The molecule has 0 aliphatic heterocycles. The van der Waals surface area contributed by atoms with E-state index in [1.165, 1.54) is 11.3 Å². The van der Waals surface area contributed by atoms with Crippen LogP contribution in [0.4, 0.5) is 0 Å². The molecule has 0 amide bonds.